The summed E-state index contributed by atoms with van der Waals surface area (Å²) in [5, 5.41) is 6.44. The van der Waals surface area contributed by atoms with Crippen molar-refractivity contribution < 1.29 is 14.3 Å². The maximum atomic E-state index is 12.8. The van der Waals surface area contributed by atoms with E-state index in [0.29, 0.717) is 24.4 Å². The molecule has 0 saturated carbocycles. The van der Waals surface area contributed by atoms with Crippen LogP contribution in [0.25, 0.3) is 0 Å². The van der Waals surface area contributed by atoms with Gasteiger partial charge in [-0.25, -0.2) is 0 Å². The normalized spacial score (nSPS) is 16.0. The highest BCUT2D eigenvalue weighted by Crippen LogP contribution is 2.28. The number of H-pyrrole nitrogens is 1. The molecule has 1 fully saturated rings. The van der Waals surface area contributed by atoms with Crippen LogP contribution in [0.3, 0.4) is 0 Å². The lowest BCUT2D eigenvalue weighted by molar-refractivity contribution is 0.0510. The number of aromatic nitrogens is 1. The summed E-state index contributed by atoms with van der Waals surface area (Å²) in [7, 11) is 1.71. The predicted octanol–water partition coefficient (Wildman–Crippen LogP) is 2.65. The predicted molar refractivity (Wildman–Crippen MR) is 106 cm³/mol. The van der Waals surface area contributed by atoms with Crippen LogP contribution >= 0.6 is 12.4 Å². The molecule has 0 radical (unpaired) electrons. The van der Waals surface area contributed by atoms with E-state index in [4.69, 9.17) is 4.74 Å². The Morgan fingerprint density at radius 3 is 2.46 bits per heavy atom. The lowest BCUT2D eigenvalue weighted by Gasteiger charge is -2.37. The van der Waals surface area contributed by atoms with Crippen LogP contribution in [0.2, 0.25) is 0 Å². The van der Waals surface area contributed by atoms with Crippen molar-refractivity contribution in [3.8, 4) is 0 Å². The molecule has 0 atom stereocenters. The maximum absolute atomic E-state index is 12.8. The van der Waals surface area contributed by atoms with Gasteiger partial charge in [0.2, 0.25) is 0 Å². The average Bonchev–Trinajstić information content (AvgIpc) is 2.91. The average molecular weight is 386 g/mol. The molecule has 1 saturated heterocycles. The van der Waals surface area contributed by atoms with Crippen molar-refractivity contribution in [2.24, 2.45) is 5.41 Å². The number of halogens is 1. The van der Waals surface area contributed by atoms with Gasteiger partial charge in [0.15, 0.2) is 5.78 Å². The zero-order valence-corrected chi connectivity index (χ0v) is 17.1. The highest BCUT2D eigenvalue weighted by molar-refractivity contribution is 6.02. The second-order valence-electron chi connectivity index (χ2n) is 7.15. The molecule has 0 spiro atoms. The number of nitrogens with one attached hydrogen (secondary N) is 3. The summed E-state index contributed by atoms with van der Waals surface area (Å²) in [6, 6.07) is 0. The van der Waals surface area contributed by atoms with Crippen molar-refractivity contribution in [3.05, 3.63) is 22.5 Å². The number of ether oxygens (including phenoxy) is 1. The van der Waals surface area contributed by atoms with Gasteiger partial charge in [-0.2, -0.15) is 0 Å². The Bertz CT molecular complexity index is 616. The summed E-state index contributed by atoms with van der Waals surface area (Å²) in [6.45, 7) is 8.56. The summed E-state index contributed by atoms with van der Waals surface area (Å²) < 4.78 is 5.41. The van der Waals surface area contributed by atoms with Crippen LogP contribution in [0.15, 0.2) is 0 Å². The Balaban J connectivity index is 0.00000338. The number of ketones is 1. The summed E-state index contributed by atoms with van der Waals surface area (Å²) in [6.07, 6.45) is 3.56. The van der Waals surface area contributed by atoms with Gasteiger partial charge >= 0.3 is 0 Å². The number of carbonyl (C=O) groups is 2. The van der Waals surface area contributed by atoms with Crippen molar-refractivity contribution >= 4 is 24.1 Å². The third-order valence-electron chi connectivity index (χ3n) is 5.11. The molecule has 0 unspecified atom stereocenters. The fourth-order valence-electron chi connectivity index (χ4n) is 3.84. The third-order valence-corrected chi connectivity index (χ3v) is 5.11. The van der Waals surface area contributed by atoms with Crippen LogP contribution in [0.4, 0.5) is 0 Å². The number of hydrogen-bond acceptors (Lipinski definition) is 4. The van der Waals surface area contributed by atoms with Crippen LogP contribution in [0.1, 0.15) is 65.2 Å². The topological polar surface area (TPSA) is 83.2 Å². The van der Waals surface area contributed by atoms with Gasteiger partial charge in [-0.3, -0.25) is 9.59 Å². The molecule has 0 bridgehead atoms. The molecule has 0 aromatic carbocycles. The number of Topliss-reactive ketones (excluding diaryl/α,β-unsaturated/α-hetero) is 1. The Hall–Kier alpha value is -1.37. The highest BCUT2D eigenvalue weighted by Gasteiger charge is 2.33. The lowest BCUT2D eigenvalue weighted by Crippen LogP contribution is -2.47. The van der Waals surface area contributed by atoms with E-state index in [-0.39, 0.29) is 29.5 Å². The molecule has 1 aliphatic rings. The monoisotopic (exact) mass is 385 g/mol. The van der Waals surface area contributed by atoms with E-state index in [1.165, 1.54) is 0 Å². The molecule has 148 valence electrons. The molecule has 2 rings (SSSR count). The largest absolute Gasteiger partial charge is 0.384 e. The number of hydrogen-bond donors (Lipinski definition) is 3. The molecule has 1 aromatic heterocycles. The van der Waals surface area contributed by atoms with Gasteiger partial charge in [0.25, 0.3) is 5.91 Å². The highest BCUT2D eigenvalue weighted by atomic mass is 35.5. The summed E-state index contributed by atoms with van der Waals surface area (Å²) in [5.74, 6) is -0.126. The van der Waals surface area contributed by atoms with Gasteiger partial charge in [-0.15, -0.1) is 12.4 Å². The van der Waals surface area contributed by atoms with Crippen molar-refractivity contribution in [1.29, 1.82) is 0 Å². The van der Waals surface area contributed by atoms with Crippen LogP contribution in [0.5, 0.6) is 0 Å². The molecule has 2 heterocycles. The molecule has 1 aromatic rings. The first kappa shape index (κ1) is 22.7. The molecule has 26 heavy (non-hydrogen) atoms. The Morgan fingerprint density at radius 2 is 1.92 bits per heavy atom. The van der Waals surface area contributed by atoms with Crippen LogP contribution in [0, 0.1) is 12.3 Å². The standard InChI is InChI=1S/C19H31N3O3.ClH/c1-5-6-15-16(14(3)23)13(2)22-17(15)18(24)21-11-19(12-25-4)7-9-20-10-8-19;/h20,22H,5-12H2,1-4H3,(H,21,24);1H. The second-order valence-corrected chi connectivity index (χ2v) is 7.15. The van der Waals surface area contributed by atoms with E-state index in [2.05, 4.69) is 22.5 Å². The Kier molecular flexibility index (Phi) is 8.80. The van der Waals surface area contributed by atoms with Gasteiger partial charge < -0.3 is 20.4 Å². The quantitative estimate of drug-likeness (QED) is 0.601. The molecule has 1 amide bonds. The number of carbonyl (C=O) groups excluding carboxylic acids is 2. The molecular weight excluding hydrogens is 354 g/mol. The summed E-state index contributed by atoms with van der Waals surface area (Å²) in [4.78, 5) is 27.9. The maximum Gasteiger partial charge on any atom is 0.268 e. The SMILES string of the molecule is CCCc1c(C(=O)NCC2(COC)CCNCC2)[nH]c(C)c1C(C)=O.Cl. The van der Waals surface area contributed by atoms with Gasteiger partial charge in [0, 0.05) is 30.3 Å². The van der Waals surface area contributed by atoms with Crippen molar-refractivity contribution in [2.45, 2.75) is 46.5 Å². The van der Waals surface area contributed by atoms with Crippen LogP contribution < -0.4 is 10.6 Å². The fourth-order valence-corrected chi connectivity index (χ4v) is 3.84. The van der Waals surface area contributed by atoms with E-state index in [0.717, 1.165) is 50.0 Å². The zero-order chi connectivity index (χ0) is 18.4. The number of piperidine rings is 1. The number of rotatable bonds is 8. The van der Waals surface area contributed by atoms with E-state index < -0.39 is 0 Å². The third kappa shape index (κ3) is 5.09. The fraction of sp³-hybridized carbons (Fsp3) is 0.684. The van der Waals surface area contributed by atoms with Crippen molar-refractivity contribution in [2.75, 3.05) is 33.4 Å². The zero-order valence-electron chi connectivity index (χ0n) is 16.3. The summed E-state index contributed by atoms with van der Waals surface area (Å²) in [5.41, 5.74) is 2.79. The molecular formula is C19H32ClN3O3. The first-order valence-electron chi connectivity index (χ1n) is 9.14. The van der Waals surface area contributed by atoms with Gasteiger partial charge in [-0.05, 0) is 51.8 Å². The Labute approximate surface area is 162 Å². The molecule has 6 nitrogen and oxygen atoms in total. The van der Waals surface area contributed by atoms with Crippen LogP contribution in [-0.4, -0.2) is 50.0 Å². The number of aryl methyl sites for hydroxylation is 1. The number of amides is 1. The first-order valence-corrected chi connectivity index (χ1v) is 9.14. The molecule has 0 aliphatic carbocycles. The second kappa shape index (κ2) is 10.1. The molecule has 1 aliphatic heterocycles. The number of aromatic amines is 1. The number of methoxy groups -OCH3 is 1. The minimum Gasteiger partial charge on any atom is -0.384 e. The smallest absolute Gasteiger partial charge is 0.268 e. The van der Waals surface area contributed by atoms with E-state index in [1.54, 1.807) is 14.0 Å². The van der Waals surface area contributed by atoms with E-state index in [1.807, 2.05) is 6.92 Å². The van der Waals surface area contributed by atoms with E-state index in [9.17, 15) is 9.59 Å². The molecule has 3 N–H and O–H groups in total. The van der Waals surface area contributed by atoms with Gasteiger partial charge in [0.1, 0.15) is 5.69 Å². The van der Waals surface area contributed by atoms with Crippen LogP contribution in [-0.2, 0) is 11.2 Å². The van der Waals surface area contributed by atoms with Crippen molar-refractivity contribution in [1.82, 2.24) is 15.6 Å². The van der Waals surface area contributed by atoms with E-state index >= 15 is 0 Å². The molecule has 7 heteroatoms. The minimum absolute atomic E-state index is 0. The summed E-state index contributed by atoms with van der Waals surface area (Å²) >= 11 is 0. The van der Waals surface area contributed by atoms with Gasteiger partial charge in [-0.1, -0.05) is 13.3 Å². The Morgan fingerprint density at radius 1 is 1.27 bits per heavy atom. The first-order chi connectivity index (χ1) is 11.9. The van der Waals surface area contributed by atoms with Crippen molar-refractivity contribution in [3.63, 3.8) is 0 Å². The lowest BCUT2D eigenvalue weighted by atomic mass is 9.79. The minimum atomic E-state index is -0.131. The van der Waals surface area contributed by atoms with Gasteiger partial charge in [0.05, 0.1) is 6.61 Å².